The molecule has 0 unspecified atom stereocenters. The lowest BCUT2D eigenvalue weighted by Gasteiger charge is -2.26. The van der Waals surface area contributed by atoms with Crippen molar-refractivity contribution in [3.05, 3.63) is 0 Å². The van der Waals surface area contributed by atoms with Gasteiger partial charge in [-0.2, -0.15) is 13.2 Å². The summed E-state index contributed by atoms with van der Waals surface area (Å²) < 4.78 is 56.0. The number of carboxylic acids is 1. The maximum atomic E-state index is 12.3. The lowest BCUT2D eigenvalue weighted by molar-refractivity contribution is -0.253. The van der Waals surface area contributed by atoms with Gasteiger partial charge in [0.15, 0.2) is 5.60 Å². The summed E-state index contributed by atoms with van der Waals surface area (Å²) in [7, 11) is -3.41. The van der Waals surface area contributed by atoms with Crippen LogP contribution in [0.1, 0.15) is 19.8 Å². The zero-order chi connectivity index (χ0) is 15.5. The SMILES string of the molecule is C[C@@](O)(CC[S@@](=N)(=O)CC[C@H](N)C(=O)O)C(F)(F)F. The molecule has 6 nitrogen and oxygen atoms in total. The van der Waals surface area contributed by atoms with Crippen molar-refractivity contribution < 1.29 is 32.4 Å². The molecule has 0 aliphatic rings. The van der Waals surface area contributed by atoms with E-state index in [0.717, 1.165) is 0 Å². The average Bonchev–Trinajstić information content (AvgIpc) is 2.22. The number of nitrogens with two attached hydrogens (primary N) is 1. The van der Waals surface area contributed by atoms with Crippen LogP contribution in [0, 0.1) is 4.78 Å². The van der Waals surface area contributed by atoms with Crippen molar-refractivity contribution in [1.29, 1.82) is 4.78 Å². The van der Waals surface area contributed by atoms with Gasteiger partial charge in [-0.25, -0.2) is 4.21 Å². The summed E-state index contributed by atoms with van der Waals surface area (Å²) in [4.78, 5) is 10.4. The Morgan fingerprint density at radius 2 is 1.89 bits per heavy atom. The van der Waals surface area contributed by atoms with Crippen LogP contribution in [0.15, 0.2) is 0 Å². The molecular weight excluding hydrogens is 289 g/mol. The van der Waals surface area contributed by atoms with Crippen LogP contribution >= 0.6 is 0 Å². The first-order chi connectivity index (χ1) is 8.28. The van der Waals surface area contributed by atoms with Crippen LogP contribution in [0.4, 0.5) is 13.2 Å². The fourth-order valence-corrected chi connectivity index (χ4v) is 2.61. The second-order valence-electron chi connectivity index (χ2n) is 4.48. The molecule has 3 atom stereocenters. The Labute approximate surface area is 108 Å². The summed E-state index contributed by atoms with van der Waals surface area (Å²) in [6.45, 7) is 0.533. The molecule has 0 bridgehead atoms. The Morgan fingerprint density at radius 3 is 2.26 bits per heavy atom. The average molecular weight is 306 g/mol. The maximum Gasteiger partial charge on any atom is 0.416 e. The first-order valence-corrected chi connectivity index (χ1v) is 7.20. The topological polar surface area (TPSA) is 124 Å². The predicted molar refractivity (Wildman–Crippen MR) is 62.1 cm³/mol. The molecule has 0 radical (unpaired) electrons. The minimum atomic E-state index is -4.88. The number of nitrogens with one attached hydrogen (secondary N) is 1. The Balaban J connectivity index is 4.45. The first kappa shape index (κ1) is 18.1. The van der Waals surface area contributed by atoms with E-state index >= 15 is 0 Å². The van der Waals surface area contributed by atoms with E-state index < -0.39 is 51.4 Å². The summed E-state index contributed by atoms with van der Waals surface area (Å²) in [5.41, 5.74) is 2.11. The lowest BCUT2D eigenvalue weighted by atomic mass is 10.0. The number of hydrogen-bond donors (Lipinski definition) is 4. The van der Waals surface area contributed by atoms with Crippen LogP contribution in [-0.2, 0) is 14.5 Å². The molecule has 0 fully saturated rings. The highest BCUT2D eigenvalue weighted by molar-refractivity contribution is 7.92. The number of carboxylic acid groups (broad SMARTS) is 1. The second kappa shape index (κ2) is 6.06. The third kappa shape index (κ3) is 6.21. The van der Waals surface area contributed by atoms with Crippen LogP contribution < -0.4 is 5.73 Å². The lowest BCUT2D eigenvalue weighted by Crippen LogP contribution is -2.43. The van der Waals surface area contributed by atoms with Crippen molar-refractivity contribution in [2.45, 2.75) is 37.6 Å². The van der Waals surface area contributed by atoms with E-state index in [9.17, 15) is 22.2 Å². The summed E-state index contributed by atoms with van der Waals surface area (Å²) in [5, 5.41) is 17.6. The molecule has 10 heteroatoms. The zero-order valence-corrected chi connectivity index (χ0v) is 11.1. The standard InChI is InChI=1S/C9H17F3N2O4S/c1-8(17,9(10,11)12)3-5-19(14,18)4-2-6(13)7(15)16/h6,14,17H,2-5,13H2,1H3,(H,15,16)/t6-,8+,19-/m0/s1. The predicted octanol–water partition coefficient (Wildman–Crippen LogP) is 0.539. The molecule has 0 saturated carbocycles. The monoisotopic (exact) mass is 306 g/mol. The number of hydrogen-bond acceptors (Lipinski definition) is 5. The maximum absolute atomic E-state index is 12.3. The highest BCUT2D eigenvalue weighted by atomic mass is 32.2. The zero-order valence-electron chi connectivity index (χ0n) is 10.2. The van der Waals surface area contributed by atoms with Gasteiger partial charge in [-0.1, -0.05) is 0 Å². The van der Waals surface area contributed by atoms with Crippen molar-refractivity contribution in [3.8, 4) is 0 Å². The van der Waals surface area contributed by atoms with Crippen LogP contribution in [-0.4, -0.2) is 49.7 Å². The van der Waals surface area contributed by atoms with E-state index in [2.05, 4.69) is 0 Å². The summed E-state index contributed by atoms with van der Waals surface area (Å²) in [6.07, 6.45) is -6.03. The molecule has 5 N–H and O–H groups in total. The second-order valence-corrected chi connectivity index (χ2v) is 6.92. The van der Waals surface area contributed by atoms with Gasteiger partial charge in [0.2, 0.25) is 0 Å². The van der Waals surface area contributed by atoms with Crippen molar-refractivity contribution in [1.82, 2.24) is 0 Å². The molecule has 0 aromatic heterocycles. The van der Waals surface area contributed by atoms with Crippen molar-refractivity contribution in [2.75, 3.05) is 11.5 Å². The fraction of sp³-hybridized carbons (Fsp3) is 0.889. The van der Waals surface area contributed by atoms with Crippen LogP contribution in [0.25, 0.3) is 0 Å². The van der Waals surface area contributed by atoms with Gasteiger partial charge in [0.25, 0.3) is 0 Å². The number of rotatable bonds is 7. The third-order valence-electron chi connectivity index (χ3n) is 2.61. The van der Waals surface area contributed by atoms with E-state index in [-0.39, 0.29) is 6.42 Å². The van der Waals surface area contributed by atoms with E-state index in [4.69, 9.17) is 20.7 Å². The van der Waals surface area contributed by atoms with Crippen LogP contribution in [0.5, 0.6) is 0 Å². The molecule has 0 aliphatic carbocycles. The molecule has 114 valence electrons. The number of aliphatic carboxylic acids is 1. The quantitative estimate of drug-likeness (QED) is 0.546. The van der Waals surface area contributed by atoms with Crippen molar-refractivity contribution in [3.63, 3.8) is 0 Å². The van der Waals surface area contributed by atoms with Gasteiger partial charge in [-0.15, -0.1) is 0 Å². The molecule has 0 rings (SSSR count). The van der Waals surface area contributed by atoms with Gasteiger partial charge >= 0.3 is 12.1 Å². The molecule has 19 heavy (non-hydrogen) atoms. The van der Waals surface area contributed by atoms with Gasteiger partial charge in [-0.05, 0) is 19.8 Å². The highest BCUT2D eigenvalue weighted by Gasteiger charge is 2.49. The molecule has 0 saturated heterocycles. The van der Waals surface area contributed by atoms with E-state index in [1.54, 1.807) is 0 Å². The van der Waals surface area contributed by atoms with Crippen LogP contribution in [0.3, 0.4) is 0 Å². The Morgan fingerprint density at radius 1 is 1.42 bits per heavy atom. The number of aliphatic hydroxyl groups is 1. The van der Waals surface area contributed by atoms with Gasteiger partial charge < -0.3 is 15.9 Å². The van der Waals surface area contributed by atoms with Gasteiger partial charge in [0, 0.05) is 21.2 Å². The van der Waals surface area contributed by atoms with E-state index in [1.807, 2.05) is 0 Å². The van der Waals surface area contributed by atoms with Gasteiger partial charge in [0.1, 0.15) is 6.04 Å². The molecule has 0 amide bonds. The molecule has 0 aliphatic heterocycles. The summed E-state index contributed by atoms with van der Waals surface area (Å²) >= 11 is 0. The number of alkyl halides is 3. The normalized spacial score (nSPS) is 20.3. The number of carbonyl (C=O) groups is 1. The molecular formula is C9H17F3N2O4S. The minimum absolute atomic E-state index is 0.272. The summed E-state index contributed by atoms with van der Waals surface area (Å²) in [6, 6.07) is -1.31. The Bertz CT molecular complexity index is 420. The fourth-order valence-electron chi connectivity index (χ4n) is 1.05. The molecule has 0 heterocycles. The first-order valence-electron chi connectivity index (χ1n) is 5.30. The molecule has 0 aromatic carbocycles. The van der Waals surface area contributed by atoms with E-state index in [1.165, 1.54) is 0 Å². The summed E-state index contributed by atoms with van der Waals surface area (Å²) in [5.74, 6) is -2.43. The smallest absolute Gasteiger partial charge is 0.416 e. The van der Waals surface area contributed by atoms with Gasteiger partial charge in [0.05, 0.1) is 0 Å². The third-order valence-corrected chi connectivity index (χ3v) is 4.36. The largest absolute Gasteiger partial charge is 0.480 e. The van der Waals surface area contributed by atoms with Crippen molar-refractivity contribution >= 4 is 15.7 Å². The number of halogens is 3. The molecule has 0 spiro atoms. The Hall–Kier alpha value is -0.870. The van der Waals surface area contributed by atoms with Crippen LogP contribution in [0.2, 0.25) is 0 Å². The van der Waals surface area contributed by atoms with E-state index in [0.29, 0.717) is 6.92 Å². The van der Waals surface area contributed by atoms with Gasteiger partial charge in [-0.3, -0.25) is 9.57 Å². The minimum Gasteiger partial charge on any atom is -0.480 e. The highest BCUT2D eigenvalue weighted by Crippen LogP contribution is 2.32. The van der Waals surface area contributed by atoms with Crippen molar-refractivity contribution in [2.24, 2.45) is 5.73 Å². The Kier molecular flexibility index (Phi) is 5.78. The molecule has 0 aromatic rings.